The van der Waals surface area contributed by atoms with Gasteiger partial charge in [0.25, 0.3) is 0 Å². The zero-order valence-corrected chi connectivity index (χ0v) is 37.3. The van der Waals surface area contributed by atoms with E-state index in [1.54, 1.807) is 0 Å². The highest BCUT2D eigenvalue weighted by Crippen LogP contribution is 2.58. The molecule has 11 aromatic rings. The van der Waals surface area contributed by atoms with E-state index in [4.69, 9.17) is 4.74 Å². The maximum atomic E-state index is 7.33. The predicted molar refractivity (Wildman–Crippen MR) is 275 cm³/mol. The average Bonchev–Trinajstić information content (AvgIpc) is 3.76. The lowest BCUT2D eigenvalue weighted by Gasteiger charge is -2.46. The Morgan fingerprint density at radius 2 is 0.938 bits per heavy atom. The van der Waals surface area contributed by atoms with Crippen molar-refractivity contribution in [2.75, 3.05) is 4.90 Å². The fourth-order valence-corrected chi connectivity index (χ4v) is 17.5. The van der Waals surface area contributed by atoms with E-state index in [9.17, 15) is 0 Å². The molecule has 4 heteroatoms. The van der Waals surface area contributed by atoms with Crippen molar-refractivity contribution in [2.45, 2.75) is 5.41 Å². The largest absolute Gasteiger partial charge is 0.457 e. The topological polar surface area (TPSA) is 12.5 Å². The SMILES string of the molecule is c1ccc(C2(c3ccccc3)c3ccccc3N(c3cc(-c4cccc5c4Oc4ccccc4[Si]5(c4ccccc4)c4ccccc4)c4sc5ccccc5c4c3)c3ccccc32)cc1. The molecule has 13 rings (SSSR count). The Morgan fingerprint density at radius 3 is 1.58 bits per heavy atom. The first kappa shape index (κ1) is 37.8. The van der Waals surface area contributed by atoms with Gasteiger partial charge in [-0.1, -0.05) is 212 Å². The van der Waals surface area contributed by atoms with Gasteiger partial charge in [0.15, 0.2) is 8.07 Å². The van der Waals surface area contributed by atoms with Crippen molar-refractivity contribution in [1.29, 1.82) is 0 Å². The van der Waals surface area contributed by atoms with E-state index >= 15 is 0 Å². The van der Waals surface area contributed by atoms with Crippen LogP contribution in [-0.4, -0.2) is 8.07 Å². The summed E-state index contributed by atoms with van der Waals surface area (Å²) in [7, 11) is -2.89. The smallest absolute Gasteiger partial charge is 0.188 e. The number of rotatable bonds is 6. The van der Waals surface area contributed by atoms with Gasteiger partial charge in [0, 0.05) is 37.0 Å². The van der Waals surface area contributed by atoms with E-state index in [0.29, 0.717) is 0 Å². The second-order valence-corrected chi connectivity index (χ2v) is 21.9. The van der Waals surface area contributed by atoms with Crippen molar-refractivity contribution < 1.29 is 4.74 Å². The Labute approximate surface area is 383 Å². The molecule has 0 spiro atoms. The first-order valence-electron chi connectivity index (χ1n) is 22.3. The molecule has 306 valence electrons. The number of thiophene rings is 1. The van der Waals surface area contributed by atoms with Crippen LogP contribution in [0.4, 0.5) is 17.1 Å². The molecule has 2 aliphatic rings. The maximum absolute atomic E-state index is 7.33. The van der Waals surface area contributed by atoms with Crippen LogP contribution in [0.15, 0.2) is 249 Å². The third-order valence-electron chi connectivity index (χ3n) is 13.9. The van der Waals surface area contributed by atoms with E-state index < -0.39 is 13.5 Å². The zero-order valence-electron chi connectivity index (χ0n) is 35.4. The highest BCUT2D eigenvalue weighted by Gasteiger charge is 2.49. The summed E-state index contributed by atoms with van der Waals surface area (Å²) in [5.74, 6) is 1.86. The second kappa shape index (κ2) is 14.9. The Morgan fingerprint density at radius 1 is 0.415 bits per heavy atom. The number of hydrogen-bond acceptors (Lipinski definition) is 3. The van der Waals surface area contributed by atoms with Crippen LogP contribution in [0.25, 0.3) is 31.3 Å². The van der Waals surface area contributed by atoms with Crippen LogP contribution < -0.4 is 30.4 Å². The molecule has 65 heavy (non-hydrogen) atoms. The van der Waals surface area contributed by atoms with Crippen molar-refractivity contribution in [3.05, 3.63) is 271 Å². The minimum Gasteiger partial charge on any atom is -0.457 e. The molecule has 0 aliphatic carbocycles. The van der Waals surface area contributed by atoms with E-state index in [0.717, 1.165) is 39.7 Å². The number of anilines is 3. The Balaban J connectivity index is 1.12. The van der Waals surface area contributed by atoms with Crippen LogP contribution in [0, 0.1) is 0 Å². The van der Waals surface area contributed by atoms with E-state index in [1.807, 2.05) is 11.3 Å². The molecule has 2 nitrogen and oxygen atoms in total. The van der Waals surface area contributed by atoms with Gasteiger partial charge < -0.3 is 9.64 Å². The summed E-state index contributed by atoms with van der Waals surface area (Å²) in [6.45, 7) is 0. The van der Waals surface area contributed by atoms with Gasteiger partial charge in [-0.2, -0.15) is 0 Å². The number of benzene rings is 10. The molecule has 0 saturated heterocycles. The fraction of sp³-hybridized carbons (Fsp3) is 0.0164. The molecule has 0 unspecified atom stereocenters. The van der Waals surface area contributed by atoms with Gasteiger partial charge in [0.1, 0.15) is 11.5 Å². The summed E-state index contributed by atoms with van der Waals surface area (Å²) < 4.78 is 9.85. The molecular formula is C61H41NOSSi. The number of nitrogens with zero attached hydrogens (tertiary/aromatic N) is 1. The molecule has 0 saturated carbocycles. The summed E-state index contributed by atoms with van der Waals surface area (Å²) in [5, 5.41) is 7.69. The second-order valence-electron chi connectivity index (χ2n) is 17.1. The number of ether oxygens (including phenoxy) is 1. The molecular weight excluding hydrogens is 823 g/mol. The maximum Gasteiger partial charge on any atom is 0.188 e. The number of hydrogen-bond donors (Lipinski definition) is 0. The van der Waals surface area contributed by atoms with Crippen LogP contribution in [0.2, 0.25) is 0 Å². The van der Waals surface area contributed by atoms with Gasteiger partial charge in [-0.25, -0.2) is 0 Å². The molecule has 0 radical (unpaired) electrons. The van der Waals surface area contributed by atoms with Crippen molar-refractivity contribution in [2.24, 2.45) is 0 Å². The molecule has 0 N–H and O–H groups in total. The normalized spacial score (nSPS) is 14.2. The minimum atomic E-state index is -2.89. The van der Waals surface area contributed by atoms with Gasteiger partial charge in [-0.3, -0.25) is 0 Å². The van der Waals surface area contributed by atoms with E-state index in [2.05, 4.69) is 254 Å². The summed E-state index contributed by atoms with van der Waals surface area (Å²) in [4.78, 5) is 2.52. The molecule has 0 bridgehead atoms. The van der Waals surface area contributed by atoms with Crippen molar-refractivity contribution in [3.8, 4) is 22.6 Å². The molecule has 2 aliphatic heterocycles. The van der Waals surface area contributed by atoms with Gasteiger partial charge >= 0.3 is 0 Å². The highest BCUT2D eigenvalue weighted by molar-refractivity contribution is 7.26. The standard InChI is InChI=1S/C61H41NOSSi/c1-5-22-42(23-6-1)61(43-24-7-2-8-25-43)51-32-14-16-34-53(51)62(54-35-17-15-33-52(54)61)44-40-49-47-30-13-19-37-56(47)64-60(49)50(41-44)48-31-21-39-58-59(48)63-55-36-18-20-38-57(55)65(58,45-26-9-3-10-27-45)46-28-11-4-12-29-46/h1-41H. The quantitative estimate of drug-likeness (QED) is 0.154. The molecule has 10 aromatic carbocycles. The fourth-order valence-electron chi connectivity index (χ4n) is 11.3. The summed E-state index contributed by atoms with van der Waals surface area (Å²) in [6, 6.07) is 92.0. The average molecular weight is 864 g/mol. The van der Waals surface area contributed by atoms with Crippen LogP contribution in [-0.2, 0) is 5.41 Å². The van der Waals surface area contributed by atoms with E-state index in [-0.39, 0.29) is 0 Å². The Bertz CT molecular complexity index is 3460. The first-order chi connectivity index (χ1) is 32.3. The van der Waals surface area contributed by atoms with Crippen molar-refractivity contribution >= 4 is 77.4 Å². The highest BCUT2D eigenvalue weighted by atomic mass is 32.1. The van der Waals surface area contributed by atoms with Gasteiger partial charge in [0.05, 0.1) is 16.8 Å². The monoisotopic (exact) mass is 863 g/mol. The van der Waals surface area contributed by atoms with Crippen LogP contribution >= 0.6 is 11.3 Å². The lowest BCUT2D eigenvalue weighted by molar-refractivity contribution is 0.489. The summed E-state index contributed by atoms with van der Waals surface area (Å²) in [5.41, 5.74) is 10.1. The molecule has 0 atom stereocenters. The van der Waals surface area contributed by atoms with Gasteiger partial charge in [0.2, 0.25) is 0 Å². The molecule has 3 heterocycles. The van der Waals surface area contributed by atoms with Crippen molar-refractivity contribution in [1.82, 2.24) is 0 Å². The number of para-hydroxylation sites is 4. The van der Waals surface area contributed by atoms with Gasteiger partial charge in [-0.15, -0.1) is 11.3 Å². The van der Waals surface area contributed by atoms with E-state index in [1.165, 1.54) is 63.2 Å². The lowest BCUT2D eigenvalue weighted by Crippen LogP contribution is -2.76. The summed E-state index contributed by atoms with van der Waals surface area (Å²) in [6.07, 6.45) is 0. The van der Waals surface area contributed by atoms with Gasteiger partial charge in [-0.05, 0) is 79.4 Å². The van der Waals surface area contributed by atoms with Crippen LogP contribution in [0.3, 0.4) is 0 Å². The Kier molecular flexibility index (Phi) is 8.67. The number of fused-ring (bicyclic) bond motifs is 7. The van der Waals surface area contributed by atoms with Crippen LogP contribution in [0.1, 0.15) is 22.3 Å². The Hall–Kier alpha value is -7.76. The molecule has 0 amide bonds. The summed E-state index contributed by atoms with van der Waals surface area (Å²) >= 11 is 1.87. The predicted octanol–water partition coefficient (Wildman–Crippen LogP) is 13.4. The van der Waals surface area contributed by atoms with Crippen LogP contribution in [0.5, 0.6) is 11.5 Å². The third kappa shape index (κ3) is 5.45. The molecule has 1 aromatic heterocycles. The van der Waals surface area contributed by atoms with Crippen molar-refractivity contribution in [3.63, 3.8) is 0 Å². The first-order valence-corrected chi connectivity index (χ1v) is 25.2. The molecule has 0 fully saturated rings. The zero-order chi connectivity index (χ0) is 43.0. The minimum absolute atomic E-state index is 0.559. The lowest BCUT2D eigenvalue weighted by atomic mass is 9.62. The third-order valence-corrected chi connectivity index (χ3v) is 19.9.